The zero-order valence-corrected chi connectivity index (χ0v) is 14.4. The summed E-state index contributed by atoms with van der Waals surface area (Å²) in [5.74, 6) is 0.827. The first-order chi connectivity index (χ1) is 9.98. The minimum atomic E-state index is 0.131. The fourth-order valence-electron chi connectivity index (χ4n) is 3.67. The van der Waals surface area contributed by atoms with Gasteiger partial charge in [0.2, 0.25) is 0 Å². The van der Waals surface area contributed by atoms with Crippen LogP contribution in [0, 0.1) is 5.92 Å². The van der Waals surface area contributed by atoms with Crippen molar-refractivity contribution in [1.29, 1.82) is 0 Å². The number of nitrogens with two attached hydrogens (primary N) is 1. The van der Waals surface area contributed by atoms with E-state index >= 15 is 0 Å². The molecule has 1 aromatic rings. The van der Waals surface area contributed by atoms with Gasteiger partial charge in [-0.1, -0.05) is 43.5 Å². The van der Waals surface area contributed by atoms with Crippen molar-refractivity contribution in [3.63, 3.8) is 0 Å². The van der Waals surface area contributed by atoms with Crippen LogP contribution in [0.2, 0.25) is 5.02 Å². The SMILES string of the molecule is CC1CCCC(CN)(N(C)C(C)c2cccc(Cl)c2)CC1. The van der Waals surface area contributed by atoms with Crippen LogP contribution in [-0.2, 0) is 0 Å². The molecular formula is C18H29ClN2. The van der Waals surface area contributed by atoms with E-state index in [-0.39, 0.29) is 5.54 Å². The van der Waals surface area contributed by atoms with Gasteiger partial charge in [-0.05, 0) is 56.8 Å². The van der Waals surface area contributed by atoms with Crippen molar-refractivity contribution < 1.29 is 0 Å². The lowest BCUT2D eigenvalue weighted by molar-refractivity contribution is 0.0683. The van der Waals surface area contributed by atoms with Crippen LogP contribution >= 0.6 is 11.6 Å². The van der Waals surface area contributed by atoms with Gasteiger partial charge in [0.25, 0.3) is 0 Å². The number of hydrogen-bond acceptors (Lipinski definition) is 2. The Balaban J connectivity index is 2.20. The average molecular weight is 309 g/mol. The van der Waals surface area contributed by atoms with Crippen LogP contribution in [0.5, 0.6) is 0 Å². The molecular weight excluding hydrogens is 280 g/mol. The third-order valence-electron chi connectivity index (χ3n) is 5.48. The summed E-state index contributed by atoms with van der Waals surface area (Å²) < 4.78 is 0. The Morgan fingerprint density at radius 2 is 2.14 bits per heavy atom. The molecule has 0 heterocycles. The number of benzene rings is 1. The van der Waals surface area contributed by atoms with Crippen molar-refractivity contribution in [2.45, 2.75) is 57.5 Å². The number of likely N-dealkylation sites (N-methyl/N-ethyl adjacent to an activating group) is 1. The van der Waals surface area contributed by atoms with E-state index in [0.717, 1.165) is 17.5 Å². The highest BCUT2D eigenvalue weighted by molar-refractivity contribution is 6.30. The van der Waals surface area contributed by atoms with E-state index in [2.05, 4.69) is 37.9 Å². The lowest BCUT2D eigenvalue weighted by atomic mass is 9.86. The van der Waals surface area contributed by atoms with Crippen LogP contribution in [-0.4, -0.2) is 24.0 Å². The Bertz CT molecular complexity index is 462. The number of rotatable bonds is 4. The van der Waals surface area contributed by atoms with E-state index in [9.17, 15) is 0 Å². The number of nitrogens with zero attached hydrogens (tertiary/aromatic N) is 1. The van der Waals surface area contributed by atoms with Gasteiger partial charge in [0.15, 0.2) is 0 Å². The molecule has 1 saturated carbocycles. The Kier molecular flexibility index (Phi) is 5.70. The van der Waals surface area contributed by atoms with Crippen molar-refractivity contribution in [3.05, 3.63) is 34.9 Å². The van der Waals surface area contributed by atoms with Crippen molar-refractivity contribution in [2.24, 2.45) is 11.7 Å². The maximum atomic E-state index is 6.23. The minimum Gasteiger partial charge on any atom is -0.329 e. The van der Waals surface area contributed by atoms with E-state index in [1.807, 2.05) is 12.1 Å². The summed E-state index contributed by atoms with van der Waals surface area (Å²) in [4.78, 5) is 2.50. The van der Waals surface area contributed by atoms with Crippen molar-refractivity contribution >= 4 is 11.6 Å². The molecule has 2 N–H and O–H groups in total. The molecule has 0 amide bonds. The van der Waals surface area contributed by atoms with Crippen LogP contribution in [0.3, 0.4) is 0 Å². The molecule has 3 heteroatoms. The molecule has 0 bridgehead atoms. The van der Waals surface area contributed by atoms with Gasteiger partial charge in [0, 0.05) is 23.1 Å². The third-order valence-corrected chi connectivity index (χ3v) is 5.72. The molecule has 118 valence electrons. The lowest BCUT2D eigenvalue weighted by Gasteiger charge is -2.44. The first-order valence-corrected chi connectivity index (χ1v) is 8.55. The highest BCUT2D eigenvalue weighted by Gasteiger charge is 2.37. The van der Waals surface area contributed by atoms with E-state index in [0.29, 0.717) is 6.04 Å². The quantitative estimate of drug-likeness (QED) is 0.822. The highest BCUT2D eigenvalue weighted by atomic mass is 35.5. The third kappa shape index (κ3) is 3.80. The van der Waals surface area contributed by atoms with Crippen LogP contribution in [0.1, 0.15) is 57.6 Å². The number of halogens is 1. The average Bonchev–Trinajstić information content (AvgIpc) is 2.68. The van der Waals surface area contributed by atoms with Crippen LogP contribution < -0.4 is 5.73 Å². The summed E-state index contributed by atoms with van der Waals surface area (Å²) in [5, 5.41) is 0.809. The first kappa shape index (κ1) is 16.8. The second-order valence-corrected chi connectivity index (χ2v) is 7.24. The zero-order chi connectivity index (χ0) is 15.5. The molecule has 0 spiro atoms. The Hall–Kier alpha value is -0.570. The topological polar surface area (TPSA) is 29.3 Å². The molecule has 0 saturated heterocycles. The van der Waals surface area contributed by atoms with Crippen molar-refractivity contribution in [1.82, 2.24) is 4.90 Å². The van der Waals surface area contributed by atoms with Gasteiger partial charge in [-0.2, -0.15) is 0 Å². The maximum absolute atomic E-state index is 6.23. The molecule has 1 aliphatic carbocycles. The second kappa shape index (κ2) is 7.13. The fourth-order valence-corrected chi connectivity index (χ4v) is 3.86. The van der Waals surface area contributed by atoms with Crippen LogP contribution in [0.25, 0.3) is 0 Å². The predicted molar refractivity (Wildman–Crippen MR) is 91.7 cm³/mol. The summed E-state index contributed by atoms with van der Waals surface area (Å²) in [5.41, 5.74) is 7.64. The molecule has 2 rings (SSSR count). The molecule has 0 aliphatic heterocycles. The number of hydrogen-bond donors (Lipinski definition) is 1. The smallest absolute Gasteiger partial charge is 0.0409 e. The lowest BCUT2D eigenvalue weighted by Crippen LogP contribution is -2.52. The Morgan fingerprint density at radius 3 is 2.81 bits per heavy atom. The summed E-state index contributed by atoms with van der Waals surface area (Å²) in [6, 6.07) is 8.54. The van der Waals surface area contributed by atoms with Gasteiger partial charge < -0.3 is 5.73 Å². The van der Waals surface area contributed by atoms with Crippen LogP contribution in [0.15, 0.2) is 24.3 Å². The molecule has 2 nitrogen and oxygen atoms in total. The molecule has 21 heavy (non-hydrogen) atoms. The highest BCUT2D eigenvalue weighted by Crippen LogP contribution is 2.38. The summed E-state index contributed by atoms with van der Waals surface area (Å²) in [7, 11) is 2.23. The van der Waals surface area contributed by atoms with Gasteiger partial charge >= 0.3 is 0 Å². The summed E-state index contributed by atoms with van der Waals surface area (Å²) in [6.07, 6.45) is 6.30. The molecule has 3 atom stereocenters. The van der Waals surface area contributed by atoms with E-state index < -0.39 is 0 Å². The zero-order valence-electron chi connectivity index (χ0n) is 13.6. The molecule has 3 unspecified atom stereocenters. The van der Waals surface area contributed by atoms with E-state index in [1.54, 1.807) is 0 Å². The second-order valence-electron chi connectivity index (χ2n) is 6.81. The Morgan fingerprint density at radius 1 is 1.38 bits per heavy atom. The molecule has 1 aliphatic rings. The van der Waals surface area contributed by atoms with Crippen LogP contribution in [0.4, 0.5) is 0 Å². The normalized spacial score (nSPS) is 28.4. The van der Waals surface area contributed by atoms with E-state index in [4.69, 9.17) is 17.3 Å². The predicted octanol–water partition coefficient (Wildman–Crippen LogP) is 4.63. The standard InChI is InChI=1S/C18H29ClN2/c1-14-6-5-10-18(13-20,11-9-14)21(3)15(2)16-7-4-8-17(19)12-16/h4,7-8,12,14-15H,5-6,9-11,13,20H2,1-3H3. The van der Waals surface area contributed by atoms with Gasteiger partial charge in [-0.15, -0.1) is 0 Å². The Labute approximate surface area is 134 Å². The largest absolute Gasteiger partial charge is 0.329 e. The van der Waals surface area contributed by atoms with Gasteiger partial charge in [0.1, 0.15) is 0 Å². The van der Waals surface area contributed by atoms with Gasteiger partial charge in [0.05, 0.1) is 0 Å². The molecule has 0 aromatic heterocycles. The molecule has 0 radical (unpaired) electrons. The first-order valence-electron chi connectivity index (χ1n) is 8.17. The maximum Gasteiger partial charge on any atom is 0.0409 e. The van der Waals surface area contributed by atoms with Gasteiger partial charge in [-0.3, -0.25) is 4.90 Å². The van der Waals surface area contributed by atoms with E-state index in [1.165, 1.54) is 37.7 Å². The summed E-state index contributed by atoms with van der Waals surface area (Å²) >= 11 is 6.15. The van der Waals surface area contributed by atoms with Gasteiger partial charge in [-0.25, -0.2) is 0 Å². The minimum absolute atomic E-state index is 0.131. The molecule has 1 fully saturated rings. The molecule has 1 aromatic carbocycles. The van der Waals surface area contributed by atoms with Crippen molar-refractivity contribution in [3.8, 4) is 0 Å². The van der Waals surface area contributed by atoms with Crippen molar-refractivity contribution in [2.75, 3.05) is 13.6 Å². The monoisotopic (exact) mass is 308 g/mol. The summed E-state index contributed by atoms with van der Waals surface area (Å²) in [6.45, 7) is 5.37. The fraction of sp³-hybridized carbons (Fsp3) is 0.667.